The van der Waals surface area contributed by atoms with Crippen molar-refractivity contribution in [3.8, 4) is 0 Å². The van der Waals surface area contributed by atoms with Crippen molar-refractivity contribution < 1.29 is 0 Å². The van der Waals surface area contributed by atoms with Crippen molar-refractivity contribution >= 4 is 44.9 Å². The molecule has 2 atom stereocenters. The maximum Gasteiger partial charge on any atom is 0.140 e. The molecule has 0 aromatic carbocycles. The van der Waals surface area contributed by atoms with Gasteiger partial charge in [0.15, 0.2) is 0 Å². The van der Waals surface area contributed by atoms with Crippen molar-refractivity contribution in [3.63, 3.8) is 0 Å². The number of alkyl halides is 1. The fraction of sp³-hybridized carbons (Fsp3) is 0.545. The second-order valence-electron chi connectivity index (χ2n) is 4.08. The van der Waals surface area contributed by atoms with Gasteiger partial charge in [-0.1, -0.05) is 18.0 Å². The Labute approximate surface area is 114 Å². The summed E-state index contributed by atoms with van der Waals surface area (Å²) in [6.45, 7) is 0. The quantitative estimate of drug-likeness (QED) is 0.838. The second kappa shape index (κ2) is 5.56. The molecule has 2 rings (SSSR count). The Bertz CT molecular complexity index is 373. The van der Waals surface area contributed by atoms with E-state index in [1.165, 1.54) is 12.8 Å². The minimum Gasteiger partial charge on any atom is -0.366 e. The van der Waals surface area contributed by atoms with Crippen LogP contribution in [0.25, 0.3) is 0 Å². The Balaban J connectivity index is 2.08. The van der Waals surface area contributed by atoms with Crippen molar-refractivity contribution in [3.05, 3.63) is 21.8 Å². The predicted molar refractivity (Wildman–Crippen MR) is 72.4 cm³/mol. The number of nitrogens with zero attached hydrogens (tertiary/aromatic N) is 1. The number of nitrogens with one attached hydrogen (secondary N) is 1. The van der Waals surface area contributed by atoms with Gasteiger partial charge < -0.3 is 5.32 Å². The van der Waals surface area contributed by atoms with Crippen molar-refractivity contribution in [2.75, 3.05) is 11.2 Å². The van der Waals surface area contributed by atoms with Crippen molar-refractivity contribution in [2.45, 2.75) is 25.3 Å². The number of rotatable bonds is 3. The molecule has 0 saturated heterocycles. The van der Waals surface area contributed by atoms with Crippen LogP contribution in [-0.2, 0) is 0 Å². The van der Waals surface area contributed by atoms with Gasteiger partial charge in [-0.2, -0.15) is 0 Å². The van der Waals surface area contributed by atoms with Gasteiger partial charge in [0.1, 0.15) is 5.82 Å². The summed E-state index contributed by atoms with van der Waals surface area (Å²) in [5.41, 5.74) is 0. The largest absolute Gasteiger partial charge is 0.366 e. The molecule has 1 N–H and O–H groups in total. The molecular weight excluding hydrogens is 311 g/mol. The first-order valence-electron chi connectivity index (χ1n) is 5.34. The lowest BCUT2D eigenvalue weighted by Gasteiger charge is -2.20. The zero-order chi connectivity index (χ0) is 11.5. The van der Waals surface area contributed by atoms with E-state index in [-0.39, 0.29) is 0 Å². The van der Waals surface area contributed by atoms with E-state index in [1.807, 2.05) is 6.07 Å². The Kier molecular flexibility index (Phi) is 4.34. The summed E-state index contributed by atoms with van der Waals surface area (Å²) in [7, 11) is 0. The molecule has 1 saturated carbocycles. The molecule has 2 unspecified atom stereocenters. The van der Waals surface area contributed by atoms with E-state index in [2.05, 4.69) is 26.2 Å². The summed E-state index contributed by atoms with van der Waals surface area (Å²) in [5, 5.41) is 4.07. The summed E-state index contributed by atoms with van der Waals surface area (Å²) >= 11 is 15.2. The number of anilines is 1. The molecular formula is C11H13BrCl2N2. The first kappa shape index (κ1) is 12.5. The molecule has 88 valence electrons. The molecule has 1 heterocycles. The van der Waals surface area contributed by atoms with Gasteiger partial charge in [0, 0.05) is 18.1 Å². The lowest BCUT2D eigenvalue weighted by atomic mass is 10.1. The fourth-order valence-corrected chi connectivity index (χ4v) is 3.23. The van der Waals surface area contributed by atoms with Crippen LogP contribution in [0.4, 0.5) is 5.82 Å². The molecule has 1 fully saturated rings. The third-order valence-corrected chi connectivity index (χ3v) is 4.19. The molecule has 0 amide bonds. The summed E-state index contributed by atoms with van der Waals surface area (Å²) in [6.07, 6.45) is 5.25. The molecule has 0 aliphatic heterocycles. The molecule has 5 heteroatoms. The van der Waals surface area contributed by atoms with Gasteiger partial charge in [-0.3, -0.25) is 0 Å². The minimum atomic E-state index is 0.433. The lowest BCUT2D eigenvalue weighted by molar-refractivity contribution is 0.561. The van der Waals surface area contributed by atoms with Crippen LogP contribution in [-0.4, -0.2) is 16.9 Å². The van der Waals surface area contributed by atoms with Crippen LogP contribution in [0.15, 0.2) is 16.7 Å². The third kappa shape index (κ3) is 2.82. The van der Waals surface area contributed by atoms with E-state index >= 15 is 0 Å². The molecule has 2 nitrogen and oxygen atoms in total. The Morgan fingerprint density at radius 2 is 2.31 bits per heavy atom. The monoisotopic (exact) mass is 322 g/mol. The molecule has 1 aromatic rings. The summed E-state index contributed by atoms with van der Waals surface area (Å²) in [4.78, 5) is 4.28. The highest BCUT2D eigenvalue weighted by atomic mass is 79.9. The number of halogens is 3. The average Bonchev–Trinajstić information content (AvgIpc) is 2.69. The van der Waals surface area contributed by atoms with Gasteiger partial charge in [0.2, 0.25) is 0 Å². The molecule has 0 radical (unpaired) electrons. The van der Waals surface area contributed by atoms with Gasteiger partial charge in [-0.05, 0) is 40.8 Å². The van der Waals surface area contributed by atoms with E-state index in [9.17, 15) is 0 Å². The SMILES string of the molecule is ClCC1CCCC1Nc1ncc(Cl)cc1Br. The van der Waals surface area contributed by atoms with E-state index < -0.39 is 0 Å². The zero-order valence-corrected chi connectivity index (χ0v) is 11.8. The zero-order valence-electron chi connectivity index (χ0n) is 8.72. The Morgan fingerprint density at radius 3 is 3.00 bits per heavy atom. The van der Waals surface area contributed by atoms with Crippen molar-refractivity contribution in [1.82, 2.24) is 4.98 Å². The lowest BCUT2D eigenvalue weighted by Crippen LogP contribution is -2.25. The van der Waals surface area contributed by atoms with Gasteiger partial charge in [0.25, 0.3) is 0 Å². The third-order valence-electron chi connectivity index (χ3n) is 2.99. The molecule has 0 spiro atoms. The summed E-state index contributed by atoms with van der Waals surface area (Å²) < 4.78 is 0.903. The van der Waals surface area contributed by atoms with Gasteiger partial charge in [-0.15, -0.1) is 11.6 Å². The molecule has 1 aliphatic carbocycles. The average molecular weight is 324 g/mol. The first-order chi connectivity index (χ1) is 7.70. The molecule has 1 aliphatic rings. The van der Waals surface area contributed by atoms with Crippen molar-refractivity contribution in [2.24, 2.45) is 5.92 Å². The van der Waals surface area contributed by atoms with Crippen LogP contribution in [0.1, 0.15) is 19.3 Å². The topological polar surface area (TPSA) is 24.9 Å². The highest BCUT2D eigenvalue weighted by molar-refractivity contribution is 9.10. The van der Waals surface area contributed by atoms with Crippen molar-refractivity contribution in [1.29, 1.82) is 0 Å². The Morgan fingerprint density at radius 1 is 1.50 bits per heavy atom. The predicted octanol–water partition coefficient (Wildman–Crippen LogP) is 4.32. The van der Waals surface area contributed by atoms with Crippen LogP contribution < -0.4 is 5.32 Å². The standard InChI is InChI=1S/C11H13BrCl2N2/c12-9-4-8(14)6-15-11(9)16-10-3-1-2-7(10)5-13/h4,6-7,10H,1-3,5H2,(H,15,16). The normalized spacial score (nSPS) is 24.7. The van der Waals surface area contributed by atoms with Crippen LogP contribution in [0.5, 0.6) is 0 Å². The van der Waals surface area contributed by atoms with E-state index in [4.69, 9.17) is 23.2 Å². The van der Waals surface area contributed by atoms with E-state index in [0.717, 1.165) is 16.7 Å². The van der Waals surface area contributed by atoms with Crippen LogP contribution in [0.2, 0.25) is 5.02 Å². The van der Waals surface area contributed by atoms with Gasteiger partial charge in [-0.25, -0.2) is 4.98 Å². The smallest absolute Gasteiger partial charge is 0.140 e. The number of hydrogen-bond acceptors (Lipinski definition) is 2. The summed E-state index contributed by atoms with van der Waals surface area (Å²) in [6, 6.07) is 2.28. The fourth-order valence-electron chi connectivity index (χ4n) is 2.11. The molecule has 0 bridgehead atoms. The van der Waals surface area contributed by atoms with Crippen LogP contribution >= 0.6 is 39.1 Å². The minimum absolute atomic E-state index is 0.433. The van der Waals surface area contributed by atoms with Gasteiger partial charge >= 0.3 is 0 Å². The molecule has 16 heavy (non-hydrogen) atoms. The van der Waals surface area contributed by atoms with Gasteiger partial charge in [0.05, 0.1) is 9.50 Å². The van der Waals surface area contributed by atoms with Crippen LogP contribution in [0.3, 0.4) is 0 Å². The number of pyridine rings is 1. The number of hydrogen-bond donors (Lipinski definition) is 1. The van der Waals surface area contributed by atoms with E-state index in [1.54, 1.807) is 6.20 Å². The highest BCUT2D eigenvalue weighted by Gasteiger charge is 2.26. The second-order valence-corrected chi connectivity index (χ2v) is 5.68. The first-order valence-corrected chi connectivity index (χ1v) is 7.05. The maximum absolute atomic E-state index is 5.94. The van der Waals surface area contributed by atoms with E-state index in [0.29, 0.717) is 22.9 Å². The number of aromatic nitrogens is 1. The highest BCUT2D eigenvalue weighted by Crippen LogP contribution is 2.31. The van der Waals surface area contributed by atoms with Crippen LogP contribution in [0, 0.1) is 5.92 Å². The Hall–Kier alpha value is 0.01000. The molecule has 1 aromatic heterocycles. The summed E-state index contributed by atoms with van der Waals surface area (Å²) in [5.74, 6) is 2.11. The maximum atomic E-state index is 5.94.